The molecule has 0 atom stereocenters. The molecule has 2 aromatic carbocycles. The largest absolute Gasteiger partial charge is 0.331 e. The van der Waals surface area contributed by atoms with Crippen LogP contribution in [0.2, 0.25) is 0 Å². The average molecular weight is 420 g/mol. The normalized spacial score (nSPS) is 12.5. The van der Waals surface area contributed by atoms with E-state index in [9.17, 15) is 14.0 Å². The highest BCUT2D eigenvalue weighted by molar-refractivity contribution is 5.99. The van der Waals surface area contributed by atoms with Gasteiger partial charge in [-0.05, 0) is 74.6 Å². The Kier molecular flexibility index (Phi) is 5.59. The summed E-state index contributed by atoms with van der Waals surface area (Å²) in [5, 5.41) is 7.42. The van der Waals surface area contributed by atoms with Crippen molar-refractivity contribution in [2.24, 2.45) is 0 Å². The first-order valence-corrected chi connectivity index (χ1v) is 10.3. The van der Waals surface area contributed by atoms with Gasteiger partial charge in [-0.1, -0.05) is 12.1 Å². The summed E-state index contributed by atoms with van der Waals surface area (Å²) in [4.78, 5) is 27.1. The molecule has 0 saturated heterocycles. The van der Waals surface area contributed by atoms with Gasteiger partial charge in [-0.2, -0.15) is 5.10 Å². The Morgan fingerprint density at radius 3 is 2.61 bits per heavy atom. The van der Waals surface area contributed by atoms with E-state index in [0.29, 0.717) is 11.4 Å². The molecule has 0 aliphatic heterocycles. The molecule has 1 aromatic heterocycles. The molecule has 0 spiro atoms. The number of carbonyl (C=O) groups excluding carboxylic acids is 2. The fourth-order valence-electron chi connectivity index (χ4n) is 3.95. The van der Waals surface area contributed by atoms with Crippen molar-refractivity contribution in [3.8, 4) is 5.69 Å². The van der Waals surface area contributed by atoms with Crippen LogP contribution in [-0.2, 0) is 17.6 Å². The van der Waals surface area contributed by atoms with E-state index < -0.39 is 0 Å². The summed E-state index contributed by atoms with van der Waals surface area (Å²) in [5.74, 6) is -0.882. The summed E-state index contributed by atoms with van der Waals surface area (Å²) in [7, 11) is 1.60. The number of anilines is 1. The van der Waals surface area contributed by atoms with Crippen molar-refractivity contribution in [2.75, 3.05) is 18.9 Å². The standard InChI is InChI=1S/C24H25FN4O2/c1-15-6-4-8-20(16(15)2)26-22(30)14-28(3)24(31)23-19-7-5-9-21(19)29(27-23)18-12-10-17(25)11-13-18/h4,6,8,10-13H,5,7,9,14H2,1-3H3,(H,26,30). The molecule has 0 saturated carbocycles. The smallest absolute Gasteiger partial charge is 0.274 e. The number of amides is 2. The van der Waals surface area contributed by atoms with Crippen LogP contribution in [0.5, 0.6) is 0 Å². The predicted molar refractivity (Wildman–Crippen MR) is 117 cm³/mol. The predicted octanol–water partition coefficient (Wildman–Crippen LogP) is 3.83. The first-order chi connectivity index (χ1) is 14.8. The first kappa shape index (κ1) is 20.8. The quantitative estimate of drug-likeness (QED) is 0.682. The third-order valence-corrected chi connectivity index (χ3v) is 5.81. The lowest BCUT2D eigenvalue weighted by atomic mass is 10.1. The second-order valence-corrected chi connectivity index (χ2v) is 7.97. The molecule has 160 valence electrons. The summed E-state index contributed by atoms with van der Waals surface area (Å²) in [6.07, 6.45) is 2.51. The maximum Gasteiger partial charge on any atom is 0.274 e. The van der Waals surface area contributed by atoms with Crippen LogP contribution in [-0.4, -0.2) is 40.1 Å². The molecule has 1 heterocycles. The molecule has 0 bridgehead atoms. The van der Waals surface area contributed by atoms with Gasteiger partial charge in [0.2, 0.25) is 5.91 Å². The number of rotatable bonds is 5. The van der Waals surface area contributed by atoms with Gasteiger partial charge >= 0.3 is 0 Å². The Bertz CT molecular complexity index is 1150. The Morgan fingerprint density at radius 1 is 1.13 bits per heavy atom. The maximum absolute atomic E-state index is 13.3. The molecule has 3 aromatic rings. The Labute approximate surface area is 180 Å². The number of hydrogen-bond acceptors (Lipinski definition) is 3. The van der Waals surface area contributed by atoms with Crippen LogP contribution in [0.15, 0.2) is 42.5 Å². The van der Waals surface area contributed by atoms with Gasteiger partial charge in [0.25, 0.3) is 5.91 Å². The lowest BCUT2D eigenvalue weighted by molar-refractivity contribution is -0.116. The number of aromatic nitrogens is 2. The van der Waals surface area contributed by atoms with Gasteiger partial charge < -0.3 is 10.2 Å². The van der Waals surface area contributed by atoms with Crippen LogP contribution in [0.4, 0.5) is 10.1 Å². The topological polar surface area (TPSA) is 67.2 Å². The summed E-state index contributed by atoms with van der Waals surface area (Å²) in [5.41, 5.74) is 5.80. The highest BCUT2D eigenvalue weighted by Gasteiger charge is 2.29. The minimum absolute atomic E-state index is 0.0790. The molecule has 1 N–H and O–H groups in total. The van der Waals surface area contributed by atoms with Crippen LogP contribution >= 0.6 is 0 Å². The van der Waals surface area contributed by atoms with Crippen LogP contribution in [0, 0.1) is 19.7 Å². The summed E-state index contributed by atoms with van der Waals surface area (Å²) >= 11 is 0. The van der Waals surface area contributed by atoms with E-state index in [0.717, 1.165) is 47.3 Å². The summed E-state index contributed by atoms with van der Waals surface area (Å²) in [6, 6.07) is 11.8. The van der Waals surface area contributed by atoms with Gasteiger partial charge in [-0.15, -0.1) is 0 Å². The van der Waals surface area contributed by atoms with Crippen LogP contribution in [0.1, 0.15) is 39.3 Å². The van der Waals surface area contributed by atoms with Crippen LogP contribution in [0.3, 0.4) is 0 Å². The molecule has 1 aliphatic rings. The van der Waals surface area contributed by atoms with E-state index in [1.54, 1.807) is 23.9 Å². The van der Waals surface area contributed by atoms with Crippen molar-refractivity contribution in [3.63, 3.8) is 0 Å². The Morgan fingerprint density at radius 2 is 1.87 bits per heavy atom. The van der Waals surface area contributed by atoms with Crippen molar-refractivity contribution in [1.82, 2.24) is 14.7 Å². The van der Waals surface area contributed by atoms with Gasteiger partial charge in [0.15, 0.2) is 5.69 Å². The zero-order valence-corrected chi connectivity index (χ0v) is 17.9. The van der Waals surface area contributed by atoms with Gasteiger partial charge in [-0.3, -0.25) is 9.59 Å². The number of hydrogen-bond donors (Lipinski definition) is 1. The number of benzene rings is 2. The maximum atomic E-state index is 13.3. The third kappa shape index (κ3) is 4.08. The number of carbonyl (C=O) groups is 2. The van der Waals surface area contributed by atoms with E-state index in [2.05, 4.69) is 10.4 Å². The molecule has 1 aliphatic carbocycles. The van der Waals surface area contributed by atoms with E-state index in [-0.39, 0.29) is 24.2 Å². The first-order valence-electron chi connectivity index (χ1n) is 10.3. The molecule has 0 radical (unpaired) electrons. The van der Waals surface area contributed by atoms with Gasteiger partial charge in [0, 0.05) is 24.0 Å². The van der Waals surface area contributed by atoms with Crippen molar-refractivity contribution in [3.05, 3.63) is 76.4 Å². The van der Waals surface area contributed by atoms with Crippen molar-refractivity contribution < 1.29 is 14.0 Å². The van der Waals surface area contributed by atoms with Crippen molar-refractivity contribution in [1.29, 1.82) is 0 Å². The van der Waals surface area contributed by atoms with Crippen molar-refractivity contribution >= 4 is 17.5 Å². The number of halogens is 1. The molecule has 0 unspecified atom stereocenters. The summed E-state index contributed by atoms with van der Waals surface area (Å²) in [6.45, 7) is 3.86. The SMILES string of the molecule is Cc1cccc(NC(=O)CN(C)C(=O)c2nn(-c3ccc(F)cc3)c3c2CCC3)c1C. The van der Waals surface area contributed by atoms with E-state index in [1.807, 2.05) is 32.0 Å². The molecule has 4 rings (SSSR count). The molecule has 0 fully saturated rings. The Balaban J connectivity index is 1.53. The molecule has 7 heteroatoms. The number of nitrogens with one attached hydrogen (secondary N) is 1. The van der Waals surface area contributed by atoms with Crippen LogP contribution in [0.25, 0.3) is 5.69 Å². The molecular formula is C24H25FN4O2. The lowest BCUT2D eigenvalue weighted by Crippen LogP contribution is -2.35. The fraction of sp³-hybridized carbons (Fsp3) is 0.292. The van der Waals surface area contributed by atoms with Gasteiger partial charge in [0.05, 0.1) is 12.2 Å². The number of likely N-dealkylation sites (N-methyl/N-ethyl adjacent to an activating group) is 1. The molecular weight excluding hydrogens is 395 g/mol. The average Bonchev–Trinajstić information content (AvgIpc) is 3.34. The summed E-state index contributed by atoms with van der Waals surface area (Å²) < 4.78 is 15.0. The Hall–Kier alpha value is -3.48. The zero-order valence-electron chi connectivity index (χ0n) is 17.9. The second kappa shape index (κ2) is 8.34. The second-order valence-electron chi connectivity index (χ2n) is 7.97. The zero-order chi connectivity index (χ0) is 22.1. The minimum atomic E-state index is -0.321. The van der Waals surface area contributed by atoms with Crippen LogP contribution < -0.4 is 5.32 Å². The highest BCUT2D eigenvalue weighted by atomic mass is 19.1. The lowest BCUT2D eigenvalue weighted by Gasteiger charge is -2.17. The molecule has 2 amide bonds. The number of fused-ring (bicyclic) bond motifs is 1. The number of nitrogens with zero attached hydrogens (tertiary/aromatic N) is 3. The fourth-order valence-corrected chi connectivity index (χ4v) is 3.95. The van der Waals surface area contributed by atoms with E-state index in [4.69, 9.17) is 0 Å². The minimum Gasteiger partial charge on any atom is -0.331 e. The molecule has 31 heavy (non-hydrogen) atoms. The highest BCUT2D eigenvalue weighted by Crippen LogP contribution is 2.28. The monoisotopic (exact) mass is 420 g/mol. The van der Waals surface area contributed by atoms with Crippen molar-refractivity contribution in [2.45, 2.75) is 33.1 Å². The number of aryl methyl sites for hydroxylation is 1. The van der Waals surface area contributed by atoms with E-state index in [1.165, 1.54) is 17.0 Å². The van der Waals surface area contributed by atoms with Gasteiger partial charge in [0.1, 0.15) is 5.82 Å². The van der Waals surface area contributed by atoms with Gasteiger partial charge in [-0.25, -0.2) is 9.07 Å². The van der Waals surface area contributed by atoms with E-state index >= 15 is 0 Å². The third-order valence-electron chi connectivity index (χ3n) is 5.81. The molecule has 6 nitrogen and oxygen atoms in total.